The van der Waals surface area contributed by atoms with Crippen LogP contribution in [0, 0.1) is 5.92 Å². The van der Waals surface area contributed by atoms with Gasteiger partial charge in [0.15, 0.2) is 5.60 Å². The van der Waals surface area contributed by atoms with Gasteiger partial charge in [0, 0.05) is 35.9 Å². The number of ether oxygens (including phenoxy) is 1. The van der Waals surface area contributed by atoms with Crippen molar-refractivity contribution in [2.45, 2.75) is 52.6 Å². The molecule has 1 aliphatic rings. The molecule has 2 atom stereocenters. The number of carbonyl (C=O) groups excluding carboxylic acids is 2. The lowest BCUT2D eigenvalue weighted by molar-refractivity contribution is -0.139. The van der Waals surface area contributed by atoms with E-state index in [9.17, 15) is 19.8 Å². The Hall–Kier alpha value is -3.68. The summed E-state index contributed by atoms with van der Waals surface area (Å²) in [5, 5.41) is 23.9. The van der Waals surface area contributed by atoms with Gasteiger partial charge in [-0.15, -0.1) is 0 Å². The molecule has 0 aliphatic carbocycles. The van der Waals surface area contributed by atoms with Gasteiger partial charge >= 0.3 is 0 Å². The summed E-state index contributed by atoms with van der Waals surface area (Å²) in [7, 11) is 1.56. The number of aliphatic hydroxyl groups excluding tert-OH is 1. The van der Waals surface area contributed by atoms with Gasteiger partial charge in [0.05, 0.1) is 12.8 Å². The minimum absolute atomic E-state index is 0.0172. The molecule has 208 valence electrons. The number of nitrogens with one attached hydrogen (secondary N) is 1. The number of hydrogen-bond donors (Lipinski definition) is 3. The molecule has 0 bridgehead atoms. The van der Waals surface area contributed by atoms with Gasteiger partial charge in [0.25, 0.3) is 11.8 Å². The van der Waals surface area contributed by atoms with Gasteiger partial charge in [0.1, 0.15) is 5.75 Å². The Bertz CT molecular complexity index is 1260. The van der Waals surface area contributed by atoms with Crippen LogP contribution in [0.4, 0.5) is 11.4 Å². The summed E-state index contributed by atoms with van der Waals surface area (Å²) in [6.07, 6.45) is 9.98. The third-order valence-corrected chi connectivity index (χ3v) is 6.97. The Labute approximate surface area is 231 Å². The molecule has 2 aromatic carbocycles. The number of carbonyl (C=O) groups is 2. The van der Waals surface area contributed by atoms with Crippen molar-refractivity contribution in [2.24, 2.45) is 5.92 Å². The van der Waals surface area contributed by atoms with Crippen LogP contribution in [0.1, 0.15) is 62.9 Å². The Morgan fingerprint density at radius 3 is 2.46 bits per heavy atom. The van der Waals surface area contributed by atoms with Crippen LogP contribution in [0.2, 0.25) is 0 Å². The summed E-state index contributed by atoms with van der Waals surface area (Å²) in [6.45, 7) is 8.29. The first kappa shape index (κ1) is 29.9. The predicted molar refractivity (Wildman–Crippen MR) is 156 cm³/mol. The van der Waals surface area contributed by atoms with Crippen molar-refractivity contribution in [1.29, 1.82) is 0 Å². The zero-order chi connectivity index (χ0) is 28.6. The van der Waals surface area contributed by atoms with Crippen LogP contribution < -0.4 is 15.0 Å². The van der Waals surface area contributed by atoms with Crippen LogP contribution in [0.15, 0.2) is 77.9 Å². The maximum absolute atomic E-state index is 13.7. The van der Waals surface area contributed by atoms with Crippen molar-refractivity contribution in [3.05, 3.63) is 89.0 Å². The normalized spacial score (nSPS) is 17.8. The summed E-state index contributed by atoms with van der Waals surface area (Å²) >= 11 is 0. The fraction of sp³-hybridized carbons (Fsp3) is 0.375. The molecule has 0 spiro atoms. The third kappa shape index (κ3) is 7.05. The van der Waals surface area contributed by atoms with Gasteiger partial charge in [-0.2, -0.15) is 0 Å². The first-order valence-electron chi connectivity index (χ1n) is 13.3. The molecule has 3 N–H and O–H groups in total. The first-order chi connectivity index (χ1) is 18.6. The average molecular weight is 533 g/mol. The fourth-order valence-electron chi connectivity index (χ4n) is 4.60. The Morgan fingerprint density at radius 2 is 1.82 bits per heavy atom. The van der Waals surface area contributed by atoms with E-state index in [2.05, 4.69) is 25.2 Å². The number of allylic oxidation sites excluding steroid dienone is 3. The van der Waals surface area contributed by atoms with Crippen molar-refractivity contribution >= 4 is 23.2 Å². The monoisotopic (exact) mass is 532 g/mol. The molecular formula is C32H40N2O5. The molecule has 3 rings (SSSR count). The number of benzene rings is 2. The highest BCUT2D eigenvalue weighted by Gasteiger charge is 2.52. The molecule has 0 unspecified atom stereocenters. The number of methoxy groups -OCH3 is 1. The maximum Gasteiger partial charge on any atom is 0.264 e. The molecule has 0 saturated carbocycles. The first-order valence-corrected chi connectivity index (χ1v) is 13.3. The molecule has 0 fully saturated rings. The second-order valence-corrected chi connectivity index (χ2v) is 10.2. The zero-order valence-corrected chi connectivity index (χ0v) is 23.5. The van der Waals surface area contributed by atoms with Crippen molar-refractivity contribution in [2.75, 3.05) is 30.5 Å². The number of aliphatic hydroxyl groups is 2. The van der Waals surface area contributed by atoms with Crippen LogP contribution in [-0.4, -0.2) is 42.3 Å². The molecule has 1 heterocycles. The molecule has 0 aromatic heterocycles. The number of rotatable bonds is 12. The summed E-state index contributed by atoms with van der Waals surface area (Å²) in [6, 6.07) is 11.9. The highest BCUT2D eigenvalue weighted by molar-refractivity contribution is 6.09. The average Bonchev–Trinajstić information content (AvgIpc) is 3.13. The largest absolute Gasteiger partial charge is 0.497 e. The zero-order valence-electron chi connectivity index (χ0n) is 23.5. The summed E-state index contributed by atoms with van der Waals surface area (Å²) in [5.41, 5.74) is 2.61. The molecule has 0 saturated heterocycles. The smallest absolute Gasteiger partial charge is 0.264 e. The number of hydrogen-bond acceptors (Lipinski definition) is 5. The highest BCUT2D eigenvalue weighted by Crippen LogP contribution is 2.46. The second kappa shape index (κ2) is 13.4. The van der Waals surface area contributed by atoms with Gasteiger partial charge in [0.2, 0.25) is 0 Å². The summed E-state index contributed by atoms with van der Waals surface area (Å²) in [5.74, 6) is -0.633. The van der Waals surface area contributed by atoms with E-state index in [0.717, 1.165) is 18.4 Å². The van der Waals surface area contributed by atoms with Gasteiger partial charge in [-0.05, 0) is 82.5 Å². The van der Waals surface area contributed by atoms with E-state index in [0.29, 0.717) is 41.2 Å². The SMILES string of the molecule is COc1ccc(C(=O)Nc2ccc3c(c2)[C@](O)([C@@H](C)/C=C/CCO)C(=O)N3C/C=C(\C)CCC=C(C)C)cc1. The van der Waals surface area contributed by atoms with Crippen molar-refractivity contribution in [1.82, 2.24) is 0 Å². The summed E-state index contributed by atoms with van der Waals surface area (Å²) in [4.78, 5) is 28.2. The number of fused-ring (bicyclic) bond motifs is 1. The van der Waals surface area contributed by atoms with Crippen LogP contribution >= 0.6 is 0 Å². The number of anilines is 2. The van der Waals surface area contributed by atoms with Crippen molar-refractivity contribution in [3.8, 4) is 5.75 Å². The van der Waals surface area contributed by atoms with Gasteiger partial charge in [-0.1, -0.05) is 42.4 Å². The van der Waals surface area contributed by atoms with E-state index in [1.54, 1.807) is 73.6 Å². The Kier molecular flexibility index (Phi) is 10.3. The molecule has 39 heavy (non-hydrogen) atoms. The molecule has 7 heteroatoms. The molecule has 2 amide bonds. The van der Waals surface area contributed by atoms with Crippen LogP contribution in [-0.2, 0) is 10.4 Å². The van der Waals surface area contributed by atoms with E-state index in [1.165, 1.54) is 5.57 Å². The number of nitrogens with zero attached hydrogens (tertiary/aromatic N) is 1. The summed E-state index contributed by atoms with van der Waals surface area (Å²) < 4.78 is 5.16. The molecule has 0 radical (unpaired) electrons. The lowest BCUT2D eigenvalue weighted by Gasteiger charge is -2.27. The van der Waals surface area contributed by atoms with E-state index < -0.39 is 17.4 Å². The van der Waals surface area contributed by atoms with Crippen molar-refractivity contribution < 1.29 is 24.5 Å². The Morgan fingerprint density at radius 1 is 1.10 bits per heavy atom. The van der Waals surface area contributed by atoms with E-state index in [-0.39, 0.29) is 12.5 Å². The molecule has 7 nitrogen and oxygen atoms in total. The quantitative estimate of drug-likeness (QED) is 0.302. The van der Waals surface area contributed by atoms with Gasteiger partial charge in [-0.3, -0.25) is 9.59 Å². The predicted octanol–water partition coefficient (Wildman–Crippen LogP) is 5.75. The third-order valence-electron chi connectivity index (χ3n) is 6.97. The topological polar surface area (TPSA) is 99.1 Å². The van der Waals surface area contributed by atoms with E-state index in [1.807, 2.05) is 13.0 Å². The van der Waals surface area contributed by atoms with Crippen LogP contribution in [0.25, 0.3) is 0 Å². The van der Waals surface area contributed by atoms with Crippen LogP contribution in [0.3, 0.4) is 0 Å². The van der Waals surface area contributed by atoms with Gasteiger partial charge < -0.3 is 25.2 Å². The molecular weight excluding hydrogens is 492 g/mol. The minimum atomic E-state index is -1.81. The van der Waals surface area contributed by atoms with Gasteiger partial charge in [-0.25, -0.2) is 0 Å². The lowest BCUT2D eigenvalue weighted by atomic mass is 9.82. The van der Waals surface area contributed by atoms with Crippen molar-refractivity contribution in [3.63, 3.8) is 0 Å². The molecule has 1 aliphatic heterocycles. The Balaban J connectivity index is 1.92. The number of amides is 2. The van der Waals surface area contributed by atoms with Crippen LogP contribution in [0.5, 0.6) is 5.75 Å². The standard InChI is InChI=1S/C32H40N2O5/c1-22(2)9-8-10-23(3)18-19-34-29-17-14-26(33-30(36)25-12-15-27(39-5)16-13-25)21-28(29)32(38,31(34)37)24(4)11-6-7-20-35/h6,9,11-18,21,24,35,38H,7-8,10,19-20H2,1-5H3,(H,33,36)/b11-6+,23-18+/t24-,32+/m0/s1. The highest BCUT2D eigenvalue weighted by atomic mass is 16.5. The van der Waals surface area contributed by atoms with E-state index >= 15 is 0 Å². The lowest BCUT2D eigenvalue weighted by Crippen LogP contribution is -2.44. The van der Waals surface area contributed by atoms with E-state index in [4.69, 9.17) is 4.74 Å². The second-order valence-electron chi connectivity index (χ2n) is 10.2. The maximum atomic E-state index is 13.7. The molecule has 2 aromatic rings. The minimum Gasteiger partial charge on any atom is -0.497 e. The fourth-order valence-corrected chi connectivity index (χ4v) is 4.60.